The summed E-state index contributed by atoms with van der Waals surface area (Å²) < 4.78 is 2.27. The Hall–Kier alpha value is -3.45. The molecule has 2 aromatic heterocycles. The fraction of sp³-hybridized carbons (Fsp3) is 0.370. The third-order valence-corrected chi connectivity index (χ3v) is 7.74. The first kappa shape index (κ1) is 22.3. The average Bonchev–Trinajstić information content (AvgIpc) is 3.17. The molecule has 3 N–H and O–H groups in total. The molecule has 7 heteroatoms. The molecule has 0 saturated carbocycles. The Morgan fingerprint density at radius 1 is 1.09 bits per heavy atom. The van der Waals surface area contributed by atoms with E-state index in [1.807, 2.05) is 24.3 Å². The summed E-state index contributed by atoms with van der Waals surface area (Å²) in [6.07, 6.45) is 5.66. The molecule has 1 aliphatic heterocycles. The van der Waals surface area contributed by atoms with Gasteiger partial charge in [0.25, 0.3) is 0 Å². The second kappa shape index (κ2) is 7.53. The number of likely N-dealkylation sites (tertiary alicyclic amines) is 1. The smallest absolute Gasteiger partial charge is 0.336 e. The molecule has 3 heterocycles. The van der Waals surface area contributed by atoms with E-state index >= 15 is 0 Å². The number of hydrogen-bond acceptors (Lipinski definition) is 5. The van der Waals surface area contributed by atoms with E-state index in [4.69, 9.17) is 5.73 Å². The minimum Gasteiger partial charge on any atom is -0.478 e. The van der Waals surface area contributed by atoms with Crippen molar-refractivity contribution >= 4 is 33.6 Å². The number of fused-ring (bicyclic) bond motifs is 2. The van der Waals surface area contributed by atoms with E-state index in [0.717, 1.165) is 40.4 Å². The maximum Gasteiger partial charge on any atom is 0.336 e. The van der Waals surface area contributed by atoms with E-state index in [9.17, 15) is 9.90 Å². The zero-order chi connectivity index (χ0) is 24.4. The number of nitrogens with zero attached hydrogens (tertiary/aromatic N) is 4. The fourth-order valence-electron chi connectivity index (χ4n) is 5.76. The number of aromatic nitrogens is 3. The molecule has 0 spiro atoms. The maximum absolute atomic E-state index is 11.7. The number of piperidine rings is 1. The number of carbonyl (C=O) groups is 1. The molecule has 2 aromatic carbocycles. The maximum atomic E-state index is 11.7. The normalized spacial score (nSPS) is 18.5. The third-order valence-electron chi connectivity index (χ3n) is 7.74. The zero-order valence-corrected chi connectivity index (χ0v) is 20.3. The van der Waals surface area contributed by atoms with Crippen LogP contribution in [0.2, 0.25) is 0 Å². The van der Waals surface area contributed by atoms with Crippen molar-refractivity contribution in [2.24, 2.45) is 0 Å². The summed E-state index contributed by atoms with van der Waals surface area (Å²) in [5, 5.41) is 12.0. The van der Waals surface area contributed by atoms with Gasteiger partial charge in [0.15, 0.2) is 0 Å². The number of benzene rings is 2. The summed E-state index contributed by atoms with van der Waals surface area (Å²) in [4.78, 5) is 23.1. The lowest BCUT2D eigenvalue weighted by molar-refractivity contribution is -0.0253. The lowest BCUT2D eigenvalue weighted by Crippen LogP contribution is -2.58. The molecule has 0 aliphatic carbocycles. The molecule has 7 nitrogen and oxygen atoms in total. The number of anilines is 1. The number of carboxylic acid groups (broad SMARTS) is 1. The van der Waals surface area contributed by atoms with Gasteiger partial charge in [-0.25, -0.2) is 14.8 Å². The van der Waals surface area contributed by atoms with Crippen molar-refractivity contribution in [3.05, 3.63) is 54.5 Å². The van der Waals surface area contributed by atoms with Gasteiger partial charge < -0.3 is 15.4 Å². The van der Waals surface area contributed by atoms with E-state index in [1.54, 1.807) is 12.1 Å². The van der Waals surface area contributed by atoms with E-state index in [1.165, 1.54) is 6.33 Å². The van der Waals surface area contributed by atoms with Gasteiger partial charge >= 0.3 is 5.97 Å². The molecule has 1 aliphatic rings. The lowest BCUT2D eigenvalue weighted by Gasteiger charge is -2.54. The lowest BCUT2D eigenvalue weighted by atomic mass is 9.77. The molecular weight excluding hydrogens is 426 g/mol. The highest BCUT2D eigenvalue weighted by molar-refractivity contribution is 6.06. The zero-order valence-electron chi connectivity index (χ0n) is 20.3. The second-order valence-corrected chi connectivity index (χ2v) is 10.7. The molecule has 5 rings (SSSR count). The Balaban J connectivity index is 1.69. The number of rotatable bonds is 3. The minimum absolute atomic E-state index is 0.0257. The number of nitrogens with two attached hydrogens (primary N) is 1. The number of carboxylic acids is 1. The molecule has 0 radical (unpaired) electrons. The van der Waals surface area contributed by atoms with E-state index < -0.39 is 5.97 Å². The van der Waals surface area contributed by atoms with Crippen molar-refractivity contribution in [1.29, 1.82) is 0 Å². The SMILES string of the molecule is CN1C(C)(C)CC(n2cc(-c3ccc4c(C(=O)O)cccc4c3)c3c(N)ncnc32)CC1(C)C. The van der Waals surface area contributed by atoms with Gasteiger partial charge in [-0.3, -0.25) is 4.90 Å². The highest BCUT2D eigenvalue weighted by atomic mass is 16.4. The average molecular weight is 458 g/mol. The van der Waals surface area contributed by atoms with Crippen LogP contribution in [0.15, 0.2) is 48.9 Å². The topological polar surface area (TPSA) is 97.3 Å². The first-order chi connectivity index (χ1) is 16.0. The van der Waals surface area contributed by atoms with Crippen LogP contribution in [0.25, 0.3) is 32.9 Å². The summed E-state index contributed by atoms with van der Waals surface area (Å²) in [6, 6.07) is 11.5. The summed E-state index contributed by atoms with van der Waals surface area (Å²) in [6.45, 7) is 9.17. The van der Waals surface area contributed by atoms with Crippen molar-refractivity contribution in [2.45, 2.75) is 57.7 Å². The summed E-state index contributed by atoms with van der Waals surface area (Å²) in [5.74, 6) is -0.482. The molecule has 1 fully saturated rings. The first-order valence-electron chi connectivity index (χ1n) is 11.6. The van der Waals surface area contributed by atoms with Crippen LogP contribution in [0.3, 0.4) is 0 Å². The van der Waals surface area contributed by atoms with Gasteiger partial charge in [-0.2, -0.15) is 0 Å². The van der Waals surface area contributed by atoms with Crippen molar-refractivity contribution < 1.29 is 9.90 Å². The van der Waals surface area contributed by atoms with E-state index in [0.29, 0.717) is 16.8 Å². The van der Waals surface area contributed by atoms with Gasteiger partial charge in [-0.15, -0.1) is 0 Å². The number of aromatic carboxylic acids is 1. The van der Waals surface area contributed by atoms with Gasteiger partial charge in [0.2, 0.25) is 0 Å². The van der Waals surface area contributed by atoms with Gasteiger partial charge in [0, 0.05) is 28.9 Å². The fourth-order valence-corrected chi connectivity index (χ4v) is 5.76. The highest BCUT2D eigenvalue weighted by Gasteiger charge is 2.44. The van der Waals surface area contributed by atoms with Gasteiger partial charge in [0.1, 0.15) is 17.8 Å². The third kappa shape index (κ3) is 3.42. The van der Waals surface area contributed by atoms with Gasteiger partial charge in [0.05, 0.1) is 10.9 Å². The van der Waals surface area contributed by atoms with Crippen molar-refractivity contribution in [2.75, 3.05) is 12.8 Å². The quantitative estimate of drug-likeness (QED) is 0.430. The highest BCUT2D eigenvalue weighted by Crippen LogP contribution is 2.45. The van der Waals surface area contributed by atoms with Crippen molar-refractivity contribution in [3.63, 3.8) is 0 Å². The van der Waals surface area contributed by atoms with Crippen LogP contribution in [0.1, 0.15) is 56.9 Å². The first-order valence-corrected chi connectivity index (χ1v) is 11.6. The summed E-state index contributed by atoms with van der Waals surface area (Å²) in [7, 11) is 2.20. The Morgan fingerprint density at radius 2 is 1.79 bits per heavy atom. The Labute approximate surface area is 199 Å². The monoisotopic (exact) mass is 457 g/mol. The Morgan fingerprint density at radius 3 is 2.47 bits per heavy atom. The van der Waals surface area contributed by atoms with Crippen LogP contribution >= 0.6 is 0 Å². The molecule has 1 saturated heterocycles. The molecule has 0 unspecified atom stereocenters. The Bertz CT molecular complexity index is 1420. The van der Waals surface area contributed by atoms with Crippen LogP contribution in [-0.4, -0.2) is 48.6 Å². The molecular formula is C27H31N5O2. The predicted octanol–water partition coefficient (Wildman–Crippen LogP) is 5.36. The summed E-state index contributed by atoms with van der Waals surface area (Å²) >= 11 is 0. The van der Waals surface area contributed by atoms with Crippen molar-refractivity contribution in [3.8, 4) is 11.1 Å². The van der Waals surface area contributed by atoms with E-state index in [2.05, 4.69) is 60.4 Å². The van der Waals surface area contributed by atoms with Crippen molar-refractivity contribution in [1.82, 2.24) is 19.4 Å². The summed E-state index contributed by atoms with van der Waals surface area (Å²) in [5.41, 5.74) is 9.50. The molecule has 4 aromatic rings. The van der Waals surface area contributed by atoms with Crippen LogP contribution in [0.5, 0.6) is 0 Å². The second-order valence-electron chi connectivity index (χ2n) is 10.7. The van der Waals surface area contributed by atoms with Crippen LogP contribution < -0.4 is 5.73 Å². The van der Waals surface area contributed by atoms with Gasteiger partial charge in [-0.05, 0) is 76.1 Å². The number of hydrogen-bond donors (Lipinski definition) is 2. The predicted molar refractivity (Wildman–Crippen MR) is 136 cm³/mol. The molecule has 0 bridgehead atoms. The molecule has 176 valence electrons. The number of nitrogen functional groups attached to an aromatic ring is 1. The van der Waals surface area contributed by atoms with Crippen LogP contribution in [0, 0.1) is 0 Å². The molecule has 34 heavy (non-hydrogen) atoms. The standard InChI is InChI=1S/C27H31N5O2/c1-26(2)12-18(13-27(3,4)31(26)5)32-14-21(22-23(28)29-15-30-24(22)32)17-9-10-19-16(11-17)7-6-8-20(19)25(33)34/h6-11,14-15,18H,12-13H2,1-5H3,(H,33,34)(H2,28,29,30). The minimum atomic E-state index is -0.930. The van der Waals surface area contributed by atoms with Crippen LogP contribution in [0.4, 0.5) is 5.82 Å². The van der Waals surface area contributed by atoms with Crippen LogP contribution in [-0.2, 0) is 0 Å². The molecule has 0 atom stereocenters. The van der Waals surface area contributed by atoms with E-state index in [-0.39, 0.29) is 17.1 Å². The largest absolute Gasteiger partial charge is 0.478 e. The Kier molecular flexibility index (Phi) is 4.95. The van der Waals surface area contributed by atoms with Gasteiger partial charge in [-0.1, -0.05) is 24.3 Å². The molecule has 0 amide bonds.